The first kappa shape index (κ1) is 12.0. The largest absolute Gasteiger partial charge is 0.488 e. The third-order valence-electron chi connectivity index (χ3n) is 3.13. The number of rotatable bonds is 4. The van der Waals surface area contributed by atoms with Gasteiger partial charge in [-0.3, -0.25) is 5.32 Å². The molecule has 0 spiro atoms. The van der Waals surface area contributed by atoms with Gasteiger partial charge in [0.15, 0.2) is 0 Å². The average Bonchev–Trinajstić information content (AvgIpc) is 2.71. The number of fused-ring (bicyclic) bond motifs is 1. The molecule has 2 unspecified atom stereocenters. The molecule has 2 nitrogen and oxygen atoms in total. The molecule has 1 aliphatic heterocycles. The van der Waals surface area contributed by atoms with Crippen LogP contribution < -0.4 is 10.1 Å². The Labute approximate surface area is 103 Å². The number of hydrogen-bond acceptors (Lipinski definition) is 2. The van der Waals surface area contributed by atoms with Gasteiger partial charge in [0.2, 0.25) is 0 Å². The first-order chi connectivity index (χ1) is 8.20. The maximum absolute atomic E-state index is 5.85. The molecule has 0 amide bonds. The summed E-state index contributed by atoms with van der Waals surface area (Å²) < 4.78 is 5.85. The van der Waals surface area contributed by atoms with Gasteiger partial charge >= 0.3 is 0 Å². The first-order valence-electron chi connectivity index (χ1n) is 6.14. The predicted molar refractivity (Wildman–Crippen MR) is 70.0 cm³/mol. The number of hydrogen-bond donors (Lipinski definition) is 1. The number of para-hydroxylation sites is 1. The molecular weight excluding hydrogens is 210 g/mol. The maximum Gasteiger partial charge on any atom is 0.123 e. The second-order valence-corrected chi connectivity index (χ2v) is 4.85. The van der Waals surface area contributed by atoms with E-state index >= 15 is 0 Å². The van der Waals surface area contributed by atoms with Crippen molar-refractivity contribution in [3.8, 4) is 18.1 Å². The van der Waals surface area contributed by atoms with E-state index in [0.29, 0.717) is 5.92 Å². The van der Waals surface area contributed by atoms with E-state index in [1.807, 2.05) is 12.1 Å². The SMILES string of the molecule is C#CC(NCC1Cc2ccccc2O1)C(C)C. The second-order valence-electron chi connectivity index (χ2n) is 4.85. The van der Waals surface area contributed by atoms with Gasteiger partial charge in [0.1, 0.15) is 11.9 Å². The van der Waals surface area contributed by atoms with Crippen molar-refractivity contribution in [2.75, 3.05) is 6.54 Å². The van der Waals surface area contributed by atoms with Gasteiger partial charge in [-0.05, 0) is 17.5 Å². The molecule has 1 aromatic carbocycles. The molecule has 0 bridgehead atoms. The summed E-state index contributed by atoms with van der Waals surface area (Å²) in [6.07, 6.45) is 6.67. The number of terminal acetylenes is 1. The predicted octanol–water partition coefficient (Wildman–Crippen LogP) is 2.24. The lowest BCUT2D eigenvalue weighted by molar-refractivity contribution is 0.221. The van der Waals surface area contributed by atoms with Gasteiger partial charge in [0.25, 0.3) is 0 Å². The van der Waals surface area contributed by atoms with Crippen LogP contribution in [0.5, 0.6) is 5.75 Å². The van der Waals surface area contributed by atoms with E-state index < -0.39 is 0 Å². The molecule has 90 valence electrons. The summed E-state index contributed by atoms with van der Waals surface area (Å²) in [6, 6.07) is 8.33. The van der Waals surface area contributed by atoms with Crippen LogP contribution in [-0.2, 0) is 6.42 Å². The fraction of sp³-hybridized carbons (Fsp3) is 0.467. The van der Waals surface area contributed by atoms with Crippen LogP contribution in [0.15, 0.2) is 24.3 Å². The summed E-state index contributed by atoms with van der Waals surface area (Å²) in [5.74, 6) is 4.24. The van der Waals surface area contributed by atoms with E-state index in [0.717, 1.165) is 18.7 Å². The van der Waals surface area contributed by atoms with Crippen LogP contribution in [0.3, 0.4) is 0 Å². The lowest BCUT2D eigenvalue weighted by atomic mass is 10.0. The van der Waals surface area contributed by atoms with Gasteiger partial charge in [0, 0.05) is 13.0 Å². The molecule has 0 radical (unpaired) electrons. The molecule has 2 atom stereocenters. The summed E-state index contributed by atoms with van der Waals surface area (Å²) >= 11 is 0. The minimum atomic E-state index is 0.127. The van der Waals surface area contributed by atoms with E-state index in [1.165, 1.54) is 5.56 Å². The van der Waals surface area contributed by atoms with E-state index in [9.17, 15) is 0 Å². The van der Waals surface area contributed by atoms with Crippen molar-refractivity contribution in [2.45, 2.75) is 32.4 Å². The van der Waals surface area contributed by atoms with Gasteiger partial charge in [0.05, 0.1) is 6.04 Å². The van der Waals surface area contributed by atoms with Crippen molar-refractivity contribution in [3.63, 3.8) is 0 Å². The highest BCUT2D eigenvalue weighted by Crippen LogP contribution is 2.27. The van der Waals surface area contributed by atoms with Gasteiger partial charge in [-0.25, -0.2) is 0 Å². The number of benzene rings is 1. The van der Waals surface area contributed by atoms with E-state index in [-0.39, 0.29) is 12.1 Å². The third-order valence-corrected chi connectivity index (χ3v) is 3.13. The minimum absolute atomic E-state index is 0.127. The fourth-order valence-electron chi connectivity index (χ4n) is 2.11. The lowest BCUT2D eigenvalue weighted by Crippen LogP contribution is -2.39. The molecule has 0 fully saturated rings. The smallest absolute Gasteiger partial charge is 0.123 e. The van der Waals surface area contributed by atoms with Gasteiger partial charge < -0.3 is 4.74 Å². The van der Waals surface area contributed by atoms with Crippen molar-refractivity contribution in [1.29, 1.82) is 0 Å². The molecule has 1 heterocycles. The molecular formula is C15H19NO. The fourth-order valence-corrected chi connectivity index (χ4v) is 2.11. The van der Waals surface area contributed by atoms with E-state index in [1.54, 1.807) is 0 Å². The first-order valence-corrected chi connectivity index (χ1v) is 6.14. The van der Waals surface area contributed by atoms with Gasteiger partial charge in [-0.1, -0.05) is 38.0 Å². The number of ether oxygens (including phenoxy) is 1. The number of nitrogens with one attached hydrogen (secondary N) is 1. The Morgan fingerprint density at radius 2 is 2.24 bits per heavy atom. The molecule has 1 aromatic rings. The zero-order chi connectivity index (χ0) is 12.3. The highest BCUT2D eigenvalue weighted by atomic mass is 16.5. The monoisotopic (exact) mass is 229 g/mol. The van der Waals surface area contributed by atoms with Crippen LogP contribution in [0.1, 0.15) is 19.4 Å². The molecule has 0 saturated heterocycles. The van der Waals surface area contributed by atoms with Crippen molar-refractivity contribution in [3.05, 3.63) is 29.8 Å². The van der Waals surface area contributed by atoms with Crippen LogP contribution in [0.4, 0.5) is 0 Å². The van der Waals surface area contributed by atoms with Gasteiger partial charge in [-0.2, -0.15) is 0 Å². The van der Waals surface area contributed by atoms with Crippen molar-refractivity contribution >= 4 is 0 Å². The molecule has 2 rings (SSSR count). The van der Waals surface area contributed by atoms with Gasteiger partial charge in [-0.15, -0.1) is 6.42 Å². The Kier molecular flexibility index (Phi) is 3.71. The Hall–Kier alpha value is -1.46. The quantitative estimate of drug-likeness (QED) is 0.799. The summed E-state index contributed by atoms with van der Waals surface area (Å²) in [5, 5.41) is 3.38. The Morgan fingerprint density at radius 1 is 1.47 bits per heavy atom. The minimum Gasteiger partial charge on any atom is -0.488 e. The Balaban J connectivity index is 1.86. The molecule has 0 aromatic heterocycles. The second kappa shape index (κ2) is 5.25. The Morgan fingerprint density at radius 3 is 2.88 bits per heavy atom. The van der Waals surface area contributed by atoms with Crippen LogP contribution >= 0.6 is 0 Å². The van der Waals surface area contributed by atoms with Crippen molar-refractivity contribution < 1.29 is 4.74 Å². The standard InChI is InChI=1S/C15H19NO/c1-4-14(11(2)3)16-10-13-9-12-7-5-6-8-15(12)17-13/h1,5-8,11,13-14,16H,9-10H2,2-3H3. The van der Waals surface area contributed by atoms with E-state index in [4.69, 9.17) is 11.2 Å². The maximum atomic E-state index is 5.85. The molecule has 0 aliphatic carbocycles. The zero-order valence-corrected chi connectivity index (χ0v) is 10.4. The summed E-state index contributed by atoms with van der Waals surface area (Å²) in [7, 11) is 0. The molecule has 2 heteroatoms. The van der Waals surface area contributed by atoms with Crippen molar-refractivity contribution in [2.24, 2.45) is 5.92 Å². The summed E-state index contributed by atoms with van der Waals surface area (Å²) in [4.78, 5) is 0. The summed E-state index contributed by atoms with van der Waals surface area (Å²) in [5.41, 5.74) is 1.29. The highest BCUT2D eigenvalue weighted by molar-refractivity contribution is 5.37. The normalized spacial score (nSPS) is 19.5. The van der Waals surface area contributed by atoms with Crippen LogP contribution in [0.2, 0.25) is 0 Å². The molecule has 17 heavy (non-hydrogen) atoms. The highest BCUT2D eigenvalue weighted by Gasteiger charge is 2.23. The Bertz CT molecular complexity index is 394. The van der Waals surface area contributed by atoms with Crippen LogP contribution in [-0.4, -0.2) is 18.7 Å². The average molecular weight is 229 g/mol. The topological polar surface area (TPSA) is 21.3 Å². The lowest BCUT2D eigenvalue weighted by Gasteiger charge is -2.19. The third kappa shape index (κ3) is 2.81. The molecule has 0 saturated carbocycles. The molecule has 1 N–H and O–H groups in total. The van der Waals surface area contributed by atoms with E-state index in [2.05, 4.69) is 37.2 Å². The van der Waals surface area contributed by atoms with Crippen LogP contribution in [0, 0.1) is 18.3 Å². The zero-order valence-electron chi connectivity index (χ0n) is 10.4. The van der Waals surface area contributed by atoms with Crippen LogP contribution in [0.25, 0.3) is 0 Å². The van der Waals surface area contributed by atoms with Crippen molar-refractivity contribution in [1.82, 2.24) is 5.32 Å². The summed E-state index contributed by atoms with van der Waals surface area (Å²) in [6.45, 7) is 5.06. The molecule has 1 aliphatic rings.